The summed E-state index contributed by atoms with van der Waals surface area (Å²) in [5.41, 5.74) is 1.20. The fraction of sp³-hybridized carbons (Fsp3) is 0.235. The van der Waals surface area contributed by atoms with Gasteiger partial charge in [-0.2, -0.15) is 0 Å². The standard InChI is InChI=1S/C17H18FN3O2S/c1-20(2)10-11-21-12-16(17-15(21)4-3-9-19-17)24(22,23)14-7-5-13(18)6-8-14/h3-9,12H,10-11H2,1-2H3. The maximum atomic E-state index is 13.1. The first-order valence-corrected chi connectivity index (χ1v) is 8.97. The van der Waals surface area contributed by atoms with Crippen LogP contribution in [0.4, 0.5) is 4.39 Å². The highest BCUT2D eigenvalue weighted by atomic mass is 32.2. The molecule has 126 valence electrons. The number of benzene rings is 1. The molecule has 0 spiro atoms. The van der Waals surface area contributed by atoms with Gasteiger partial charge in [-0.1, -0.05) is 0 Å². The van der Waals surface area contributed by atoms with Crippen molar-refractivity contribution in [3.8, 4) is 0 Å². The molecule has 0 radical (unpaired) electrons. The van der Waals surface area contributed by atoms with Gasteiger partial charge >= 0.3 is 0 Å². The lowest BCUT2D eigenvalue weighted by atomic mass is 10.3. The fourth-order valence-corrected chi connectivity index (χ4v) is 3.95. The molecular formula is C17H18FN3O2S. The van der Waals surface area contributed by atoms with Gasteiger partial charge in [-0.05, 0) is 50.5 Å². The van der Waals surface area contributed by atoms with Crippen molar-refractivity contribution < 1.29 is 12.8 Å². The molecule has 2 aromatic heterocycles. The summed E-state index contributed by atoms with van der Waals surface area (Å²) in [5.74, 6) is -0.472. The summed E-state index contributed by atoms with van der Waals surface area (Å²) in [4.78, 5) is 6.47. The third-order valence-electron chi connectivity index (χ3n) is 3.80. The van der Waals surface area contributed by atoms with Crippen molar-refractivity contribution in [1.29, 1.82) is 0 Å². The van der Waals surface area contributed by atoms with Crippen molar-refractivity contribution in [2.45, 2.75) is 16.3 Å². The molecule has 0 atom stereocenters. The predicted octanol–water partition coefficient (Wildman–Crippen LogP) is 2.57. The van der Waals surface area contributed by atoms with Gasteiger partial charge in [0.15, 0.2) is 0 Å². The van der Waals surface area contributed by atoms with Crippen LogP contribution in [0.1, 0.15) is 0 Å². The first-order valence-electron chi connectivity index (χ1n) is 7.49. The third kappa shape index (κ3) is 3.05. The molecule has 0 saturated carbocycles. The van der Waals surface area contributed by atoms with E-state index in [1.54, 1.807) is 18.5 Å². The number of likely N-dealkylation sites (N-methyl/N-ethyl adjacent to an activating group) is 1. The Labute approximate surface area is 140 Å². The van der Waals surface area contributed by atoms with Crippen LogP contribution < -0.4 is 0 Å². The second-order valence-corrected chi connectivity index (χ2v) is 7.74. The SMILES string of the molecule is CN(C)CCn1cc(S(=O)(=O)c2ccc(F)cc2)c2ncccc21. The molecule has 7 heteroatoms. The molecule has 3 rings (SSSR count). The van der Waals surface area contributed by atoms with Gasteiger partial charge in [0.1, 0.15) is 16.2 Å². The zero-order valence-electron chi connectivity index (χ0n) is 13.5. The highest BCUT2D eigenvalue weighted by molar-refractivity contribution is 7.91. The number of fused-ring (bicyclic) bond motifs is 1. The predicted molar refractivity (Wildman–Crippen MR) is 90.1 cm³/mol. The van der Waals surface area contributed by atoms with Gasteiger partial charge in [0.05, 0.1) is 10.4 Å². The third-order valence-corrected chi connectivity index (χ3v) is 5.57. The van der Waals surface area contributed by atoms with Gasteiger partial charge in [0, 0.05) is 25.5 Å². The molecule has 5 nitrogen and oxygen atoms in total. The highest BCUT2D eigenvalue weighted by Gasteiger charge is 2.24. The van der Waals surface area contributed by atoms with E-state index in [0.717, 1.165) is 24.2 Å². The van der Waals surface area contributed by atoms with Crippen molar-refractivity contribution >= 4 is 20.9 Å². The minimum absolute atomic E-state index is 0.0567. The van der Waals surface area contributed by atoms with E-state index in [2.05, 4.69) is 4.98 Å². The van der Waals surface area contributed by atoms with Crippen LogP contribution >= 0.6 is 0 Å². The maximum absolute atomic E-state index is 13.1. The van der Waals surface area contributed by atoms with Crippen molar-refractivity contribution in [3.63, 3.8) is 0 Å². The molecule has 0 aliphatic heterocycles. The van der Waals surface area contributed by atoms with E-state index in [1.807, 2.05) is 29.6 Å². The molecule has 3 aromatic rings. The smallest absolute Gasteiger partial charge is 0.210 e. The van der Waals surface area contributed by atoms with Crippen LogP contribution in [0.25, 0.3) is 11.0 Å². The van der Waals surface area contributed by atoms with Crippen molar-refractivity contribution in [1.82, 2.24) is 14.5 Å². The quantitative estimate of drug-likeness (QED) is 0.666. The molecular weight excluding hydrogens is 329 g/mol. The van der Waals surface area contributed by atoms with Gasteiger partial charge in [0.25, 0.3) is 0 Å². The minimum Gasteiger partial charge on any atom is -0.344 e. The number of nitrogens with zero attached hydrogens (tertiary/aromatic N) is 3. The molecule has 24 heavy (non-hydrogen) atoms. The lowest BCUT2D eigenvalue weighted by molar-refractivity contribution is 0.386. The number of sulfone groups is 1. The number of rotatable bonds is 5. The summed E-state index contributed by atoms with van der Waals surface area (Å²) < 4.78 is 40.8. The molecule has 0 bridgehead atoms. The average molecular weight is 347 g/mol. The van der Waals surface area contributed by atoms with Gasteiger partial charge < -0.3 is 9.47 Å². The fourth-order valence-electron chi connectivity index (χ4n) is 2.52. The van der Waals surface area contributed by atoms with Crippen molar-refractivity contribution in [2.75, 3.05) is 20.6 Å². The summed E-state index contributed by atoms with van der Waals surface area (Å²) >= 11 is 0. The Hall–Kier alpha value is -2.25. The van der Waals surface area contributed by atoms with Crippen LogP contribution in [0.15, 0.2) is 58.6 Å². The van der Waals surface area contributed by atoms with E-state index in [1.165, 1.54) is 12.1 Å². The van der Waals surface area contributed by atoms with E-state index < -0.39 is 15.7 Å². The van der Waals surface area contributed by atoms with E-state index in [4.69, 9.17) is 0 Å². The van der Waals surface area contributed by atoms with E-state index >= 15 is 0 Å². The first kappa shape index (κ1) is 16.6. The van der Waals surface area contributed by atoms with Crippen LogP contribution in [0.3, 0.4) is 0 Å². The molecule has 0 N–H and O–H groups in total. The van der Waals surface area contributed by atoms with Gasteiger partial charge in [0.2, 0.25) is 9.84 Å². The molecule has 0 aliphatic carbocycles. The van der Waals surface area contributed by atoms with E-state index in [0.29, 0.717) is 12.1 Å². The number of halogens is 1. The monoisotopic (exact) mass is 347 g/mol. The number of hydrogen-bond donors (Lipinski definition) is 0. The lowest BCUT2D eigenvalue weighted by Gasteiger charge is -2.10. The Bertz CT molecular complexity index is 963. The molecule has 0 saturated heterocycles. The zero-order valence-corrected chi connectivity index (χ0v) is 14.3. The summed E-state index contributed by atoms with van der Waals surface area (Å²) in [5, 5.41) is 0. The minimum atomic E-state index is -3.76. The Morgan fingerprint density at radius 3 is 2.54 bits per heavy atom. The maximum Gasteiger partial charge on any atom is 0.210 e. The van der Waals surface area contributed by atoms with Crippen LogP contribution in [-0.4, -0.2) is 43.5 Å². The van der Waals surface area contributed by atoms with Gasteiger partial charge in [-0.15, -0.1) is 0 Å². The lowest BCUT2D eigenvalue weighted by Crippen LogP contribution is -2.18. The Balaban J connectivity index is 2.13. The Morgan fingerprint density at radius 1 is 1.17 bits per heavy atom. The second-order valence-electron chi connectivity index (χ2n) is 5.82. The van der Waals surface area contributed by atoms with E-state index in [-0.39, 0.29) is 9.79 Å². The van der Waals surface area contributed by atoms with E-state index in [9.17, 15) is 12.8 Å². The largest absolute Gasteiger partial charge is 0.344 e. The normalized spacial score (nSPS) is 12.2. The Morgan fingerprint density at radius 2 is 1.88 bits per heavy atom. The number of pyridine rings is 1. The molecule has 0 fully saturated rings. The topological polar surface area (TPSA) is 55.2 Å². The van der Waals surface area contributed by atoms with Gasteiger partial charge in [-0.3, -0.25) is 4.98 Å². The molecule has 0 amide bonds. The van der Waals surface area contributed by atoms with Crippen LogP contribution in [0.2, 0.25) is 0 Å². The van der Waals surface area contributed by atoms with Crippen LogP contribution in [0, 0.1) is 5.82 Å². The Kier molecular flexibility index (Phi) is 4.38. The van der Waals surface area contributed by atoms with Crippen LogP contribution in [-0.2, 0) is 16.4 Å². The molecule has 1 aromatic carbocycles. The average Bonchev–Trinajstić information content (AvgIpc) is 2.93. The number of aromatic nitrogens is 2. The summed E-state index contributed by atoms with van der Waals surface area (Å²) in [6, 6.07) is 8.47. The zero-order chi connectivity index (χ0) is 17.3. The summed E-state index contributed by atoms with van der Waals surface area (Å²) in [6.07, 6.45) is 3.18. The molecule has 0 aliphatic rings. The second kappa shape index (κ2) is 6.33. The molecule has 2 heterocycles. The number of hydrogen-bond acceptors (Lipinski definition) is 4. The van der Waals surface area contributed by atoms with Gasteiger partial charge in [-0.25, -0.2) is 12.8 Å². The summed E-state index contributed by atoms with van der Waals surface area (Å²) in [6.45, 7) is 1.42. The van der Waals surface area contributed by atoms with Crippen LogP contribution in [0.5, 0.6) is 0 Å². The summed E-state index contributed by atoms with van der Waals surface area (Å²) in [7, 11) is 0.153. The van der Waals surface area contributed by atoms with Crippen molar-refractivity contribution in [2.24, 2.45) is 0 Å². The highest BCUT2D eigenvalue weighted by Crippen LogP contribution is 2.28. The van der Waals surface area contributed by atoms with Crippen molar-refractivity contribution in [3.05, 3.63) is 54.6 Å². The molecule has 0 unspecified atom stereocenters. The first-order chi connectivity index (χ1) is 11.4.